The maximum atomic E-state index is 8.25. The first-order valence-electron chi connectivity index (χ1n) is 0.816. The Morgan fingerprint density at radius 2 is 0.800 bits per heavy atom. The average molecular weight is 183 g/mol. The van der Waals surface area contributed by atoms with Gasteiger partial charge in [-0.2, -0.15) is 14.2 Å². The number of rotatable bonds is 0. The van der Waals surface area contributed by atoms with Crippen LogP contribution in [0.2, 0.25) is 0 Å². The molecule has 0 atom stereocenters. The summed E-state index contributed by atoms with van der Waals surface area (Å²) < 4.78 is 0. The van der Waals surface area contributed by atoms with Crippen LogP contribution in [0.15, 0.2) is 0 Å². The molecule has 32 valence electrons. The molecule has 0 aliphatic heterocycles. The van der Waals surface area contributed by atoms with E-state index in [1.165, 1.54) is 0 Å². The van der Waals surface area contributed by atoms with Crippen molar-refractivity contribution in [1.29, 1.82) is 0 Å². The van der Waals surface area contributed by atoms with Crippen molar-refractivity contribution in [2.24, 2.45) is 0 Å². The topological polar surface area (TPSA) is 46.1 Å². The van der Waals surface area contributed by atoms with Crippen LogP contribution >= 0.6 is 0 Å². The van der Waals surface area contributed by atoms with Crippen LogP contribution in [0, 0.1) is 0 Å². The predicted octanol–water partition coefficient (Wildman–Crippen LogP) is -2.96. The van der Waals surface area contributed by atoms with Crippen LogP contribution in [-0.4, -0.2) is 38.1 Å². The average Bonchev–Trinajstić information content (AvgIpc) is 1.50. The van der Waals surface area contributed by atoms with Gasteiger partial charge in [0.1, 0.15) is 0 Å². The van der Waals surface area contributed by atoms with Gasteiger partial charge in [-0.05, 0) is 0 Å². The molecule has 0 saturated carbocycles. The third-order valence-corrected chi connectivity index (χ3v) is 0. The van der Waals surface area contributed by atoms with E-state index >= 15 is 0 Å². The van der Waals surface area contributed by atoms with Crippen molar-refractivity contribution in [1.82, 2.24) is 0 Å². The van der Waals surface area contributed by atoms with Crippen LogP contribution in [0.4, 0.5) is 0 Å². The summed E-state index contributed by atoms with van der Waals surface area (Å²) in [5.41, 5.74) is 0. The van der Waals surface area contributed by atoms with E-state index in [1.54, 1.807) is 0 Å². The summed E-state index contributed by atoms with van der Waals surface area (Å²) in [6.45, 7) is 0. The van der Waals surface area contributed by atoms with E-state index in [1.807, 2.05) is 0 Å². The molecular weight excluding hydrogens is 175 g/mol. The van der Waals surface area contributed by atoms with Crippen molar-refractivity contribution >= 4 is 23.9 Å². The molecule has 0 radical (unpaired) electrons. The molecular formula is C2H8O2Sn. The summed E-state index contributed by atoms with van der Waals surface area (Å²) in [5, 5.41) is 16.5. The third kappa shape index (κ3) is 67.5. The second kappa shape index (κ2) is 126. The summed E-state index contributed by atoms with van der Waals surface area (Å²) in [5.74, 6) is 0. The molecule has 0 saturated heterocycles. The molecule has 0 aromatic heterocycles. The zero-order chi connectivity index (χ0) is 4.00. The fourth-order valence-electron chi connectivity index (χ4n) is 0. The van der Waals surface area contributed by atoms with E-state index in [0.717, 1.165) is 14.2 Å². The van der Waals surface area contributed by atoms with Crippen LogP contribution in [-0.2, 0) is 0 Å². The van der Waals surface area contributed by atoms with Crippen molar-refractivity contribution in [3.05, 3.63) is 0 Å². The molecule has 0 spiro atoms. The van der Waals surface area contributed by atoms with E-state index in [0.29, 0.717) is 0 Å². The van der Waals surface area contributed by atoms with E-state index in [4.69, 9.17) is 10.2 Å². The van der Waals surface area contributed by atoms with Crippen LogP contribution in [0.1, 0.15) is 0 Å². The monoisotopic (exact) mass is 184 g/mol. The molecule has 0 N–H and O–H groups in total. The summed E-state index contributed by atoms with van der Waals surface area (Å²) in [6, 6.07) is 0. The molecule has 0 heterocycles. The maximum absolute atomic E-state index is 8.25. The van der Waals surface area contributed by atoms with Crippen molar-refractivity contribution < 1.29 is 10.2 Å². The van der Waals surface area contributed by atoms with Gasteiger partial charge in [0, 0.05) is 0 Å². The van der Waals surface area contributed by atoms with Gasteiger partial charge in [0.2, 0.25) is 0 Å². The Hall–Kier alpha value is 0.719. The van der Waals surface area contributed by atoms with Gasteiger partial charge in [0.25, 0.3) is 0 Å². The molecule has 0 aromatic rings. The normalized spacial score (nSPS) is 2.40. The molecule has 0 aromatic carbocycles. The Kier molecular flexibility index (Phi) is 435. The summed E-state index contributed by atoms with van der Waals surface area (Å²) in [4.78, 5) is 0. The first-order chi connectivity index (χ1) is 2.00. The fraction of sp³-hybridized carbons (Fsp3) is 1.00. The van der Waals surface area contributed by atoms with E-state index in [9.17, 15) is 0 Å². The minimum absolute atomic E-state index is 0. The molecule has 0 aliphatic rings. The predicted molar refractivity (Wildman–Crippen MR) is 20.4 cm³/mol. The molecule has 0 amide bonds. The first kappa shape index (κ1) is 17.2. The third-order valence-electron chi connectivity index (χ3n) is 0. The van der Waals surface area contributed by atoms with Crippen LogP contribution < -0.4 is 10.2 Å². The Balaban J connectivity index is -0.0000000133. The molecule has 0 aliphatic carbocycles. The van der Waals surface area contributed by atoms with Crippen molar-refractivity contribution in [3.63, 3.8) is 0 Å². The van der Waals surface area contributed by atoms with Crippen LogP contribution in [0.25, 0.3) is 0 Å². The number of hydrogen-bond acceptors (Lipinski definition) is 2. The zero-order valence-electron chi connectivity index (χ0n) is 3.52. The molecule has 3 heteroatoms. The first-order valence-corrected chi connectivity index (χ1v) is 0.816. The van der Waals surface area contributed by atoms with Gasteiger partial charge in [-0.25, -0.2) is 0 Å². The minimum atomic E-state index is 0. The zero-order valence-corrected chi connectivity index (χ0v) is 7.56. The van der Waals surface area contributed by atoms with Crippen LogP contribution in [0.3, 0.4) is 0 Å². The van der Waals surface area contributed by atoms with Gasteiger partial charge < -0.3 is 10.2 Å². The molecule has 2 nitrogen and oxygen atoms in total. The van der Waals surface area contributed by atoms with Crippen LogP contribution in [0.5, 0.6) is 0 Å². The Morgan fingerprint density at radius 3 is 0.800 bits per heavy atom. The molecule has 0 rings (SSSR count). The van der Waals surface area contributed by atoms with Crippen molar-refractivity contribution in [2.75, 3.05) is 14.2 Å². The Morgan fingerprint density at radius 1 is 0.800 bits per heavy atom. The fourth-order valence-corrected chi connectivity index (χ4v) is 0. The second-order valence-electron chi connectivity index (χ2n) is 0. The quantitative estimate of drug-likeness (QED) is 0.376. The molecule has 0 bridgehead atoms. The van der Waals surface area contributed by atoms with Crippen molar-refractivity contribution in [3.8, 4) is 0 Å². The Bertz CT molecular complexity index is 7.61. The summed E-state index contributed by atoms with van der Waals surface area (Å²) in [7, 11) is 1.50. The molecule has 5 heavy (non-hydrogen) atoms. The standard InChI is InChI=1S/2CH3O.Sn.2H/c2*1-2;;;/h2*1H3;;;/q2*-1;+2;;. The Labute approximate surface area is 48.8 Å². The molecule has 0 fully saturated rings. The van der Waals surface area contributed by atoms with Gasteiger partial charge >= 0.3 is 23.9 Å². The van der Waals surface area contributed by atoms with Gasteiger partial charge in [0.05, 0.1) is 0 Å². The second-order valence-corrected chi connectivity index (χ2v) is 0. The van der Waals surface area contributed by atoms with Gasteiger partial charge in [-0.3, -0.25) is 0 Å². The van der Waals surface area contributed by atoms with Gasteiger partial charge in [0.15, 0.2) is 0 Å². The van der Waals surface area contributed by atoms with Gasteiger partial charge in [-0.15, -0.1) is 0 Å². The molecule has 0 unspecified atom stereocenters. The SMILES string of the molecule is C[O-].C[O-].[SnH2+2]. The van der Waals surface area contributed by atoms with Gasteiger partial charge in [-0.1, -0.05) is 0 Å². The summed E-state index contributed by atoms with van der Waals surface area (Å²) in [6.07, 6.45) is 0. The number of hydrogen-bond donors (Lipinski definition) is 0. The van der Waals surface area contributed by atoms with Crippen molar-refractivity contribution in [2.45, 2.75) is 0 Å². The van der Waals surface area contributed by atoms with E-state index < -0.39 is 0 Å². The summed E-state index contributed by atoms with van der Waals surface area (Å²) >= 11 is 0. The van der Waals surface area contributed by atoms with E-state index in [2.05, 4.69) is 0 Å². The van der Waals surface area contributed by atoms with E-state index in [-0.39, 0.29) is 23.9 Å².